The van der Waals surface area contributed by atoms with Gasteiger partial charge in [-0.2, -0.15) is 0 Å². The lowest BCUT2D eigenvalue weighted by molar-refractivity contribution is 1.08. The first kappa shape index (κ1) is 17.3. The zero-order chi connectivity index (χ0) is 19.8. The van der Waals surface area contributed by atoms with E-state index in [2.05, 4.69) is 76.0 Å². The second kappa shape index (κ2) is 6.95. The van der Waals surface area contributed by atoms with Crippen LogP contribution in [0, 0.1) is 0 Å². The number of rotatable bonds is 4. The molecular formula is C26H21N3. The molecule has 29 heavy (non-hydrogen) atoms. The van der Waals surface area contributed by atoms with Crippen molar-refractivity contribution in [3.63, 3.8) is 0 Å². The lowest BCUT2D eigenvalue weighted by Gasteiger charge is -2.13. The zero-order valence-corrected chi connectivity index (χ0v) is 16.3. The molecule has 0 saturated heterocycles. The first-order valence-corrected chi connectivity index (χ1v) is 9.69. The minimum absolute atomic E-state index is 0.915. The van der Waals surface area contributed by atoms with E-state index in [0.29, 0.717) is 0 Å². The van der Waals surface area contributed by atoms with Crippen molar-refractivity contribution in [1.29, 1.82) is 0 Å². The molecule has 0 radical (unpaired) electrons. The molecule has 0 unspecified atom stereocenters. The Morgan fingerprint density at radius 1 is 0.828 bits per heavy atom. The van der Waals surface area contributed by atoms with Crippen molar-refractivity contribution in [3.05, 3.63) is 103 Å². The normalized spacial score (nSPS) is 11.1. The van der Waals surface area contributed by atoms with Gasteiger partial charge in [-0.3, -0.25) is 4.57 Å². The number of anilines is 2. The molecule has 5 aromatic rings. The molecule has 0 amide bonds. The van der Waals surface area contributed by atoms with Crippen LogP contribution in [0.4, 0.5) is 11.4 Å². The summed E-state index contributed by atoms with van der Waals surface area (Å²) in [7, 11) is 0. The SMILES string of the molecule is C=C(C)c1ccccc1Nc1ccc2c3ccccc3n(-c3ccccn3)c2c1. The van der Waals surface area contributed by atoms with E-state index in [1.54, 1.807) is 0 Å². The van der Waals surface area contributed by atoms with Crippen molar-refractivity contribution in [1.82, 2.24) is 9.55 Å². The van der Waals surface area contributed by atoms with E-state index in [1.165, 1.54) is 10.8 Å². The van der Waals surface area contributed by atoms with Gasteiger partial charge >= 0.3 is 0 Å². The van der Waals surface area contributed by atoms with Crippen molar-refractivity contribution >= 4 is 38.8 Å². The van der Waals surface area contributed by atoms with Crippen molar-refractivity contribution < 1.29 is 0 Å². The third-order valence-electron chi connectivity index (χ3n) is 5.22. The minimum atomic E-state index is 0.915. The number of fused-ring (bicyclic) bond motifs is 3. The third-order valence-corrected chi connectivity index (χ3v) is 5.22. The van der Waals surface area contributed by atoms with Gasteiger partial charge in [0.25, 0.3) is 0 Å². The van der Waals surface area contributed by atoms with Gasteiger partial charge in [-0.25, -0.2) is 4.98 Å². The zero-order valence-electron chi connectivity index (χ0n) is 16.3. The van der Waals surface area contributed by atoms with E-state index in [1.807, 2.05) is 43.5 Å². The summed E-state index contributed by atoms with van der Waals surface area (Å²) >= 11 is 0. The molecule has 0 bridgehead atoms. The number of para-hydroxylation sites is 2. The maximum Gasteiger partial charge on any atom is 0.137 e. The van der Waals surface area contributed by atoms with Gasteiger partial charge in [0.15, 0.2) is 0 Å². The topological polar surface area (TPSA) is 29.9 Å². The molecule has 3 nitrogen and oxygen atoms in total. The van der Waals surface area contributed by atoms with E-state index >= 15 is 0 Å². The Morgan fingerprint density at radius 2 is 1.59 bits per heavy atom. The fourth-order valence-corrected chi connectivity index (χ4v) is 3.90. The molecule has 3 heteroatoms. The molecule has 3 aromatic carbocycles. The molecule has 2 aromatic heterocycles. The van der Waals surface area contributed by atoms with E-state index in [9.17, 15) is 0 Å². The van der Waals surface area contributed by atoms with Crippen molar-refractivity contribution in [3.8, 4) is 5.82 Å². The summed E-state index contributed by atoms with van der Waals surface area (Å²) in [5, 5.41) is 6.01. The van der Waals surface area contributed by atoms with Crippen LogP contribution >= 0.6 is 0 Å². The molecule has 0 spiro atoms. The van der Waals surface area contributed by atoms with Crippen LogP contribution in [-0.4, -0.2) is 9.55 Å². The standard InChI is InChI=1S/C26H21N3/c1-18(2)20-9-3-5-11-23(20)28-19-14-15-22-21-10-4-6-12-24(21)29(25(22)17-19)26-13-7-8-16-27-26/h3-17,28H,1H2,2H3. The maximum atomic E-state index is 4.60. The van der Waals surface area contributed by atoms with Crippen LogP contribution in [0.3, 0.4) is 0 Å². The summed E-state index contributed by atoms with van der Waals surface area (Å²) in [6.07, 6.45) is 1.83. The van der Waals surface area contributed by atoms with Crippen LogP contribution in [0.25, 0.3) is 33.2 Å². The summed E-state index contributed by atoms with van der Waals surface area (Å²) in [4.78, 5) is 4.60. The number of aromatic nitrogens is 2. The number of benzene rings is 3. The number of pyridine rings is 1. The van der Waals surface area contributed by atoms with Gasteiger partial charge in [0.2, 0.25) is 0 Å². The highest BCUT2D eigenvalue weighted by atomic mass is 15.1. The average Bonchev–Trinajstić information content (AvgIpc) is 3.08. The molecule has 0 aliphatic heterocycles. The molecular weight excluding hydrogens is 354 g/mol. The third kappa shape index (κ3) is 2.97. The summed E-state index contributed by atoms with van der Waals surface area (Å²) in [5.41, 5.74) is 6.53. The van der Waals surface area contributed by atoms with Gasteiger partial charge in [-0.05, 0) is 48.9 Å². The fraction of sp³-hybridized carbons (Fsp3) is 0.0385. The lowest BCUT2D eigenvalue weighted by atomic mass is 10.1. The molecule has 0 atom stereocenters. The lowest BCUT2D eigenvalue weighted by Crippen LogP contribution is -1.98. The van der Waals surface area contributed by atoms with Crippen LogP contribution in [0.2, 0.25) is 0 Å². The van der Waals surface area contributed by atoms with Crippen LogP contribution in [-0.2, 0) is 0 Å². The van der Waals surface area contributed by atoms with Crippen molar-refractivity contribution in [2.45, 2.75) is 6.92 Å². The summed E-state index contributed by atoms with van der Waals surface area (Å²) in [6.45, 7) is 6.14. The van der Waals surface area contributed by atoms with Gasteiger partial charge in [0.1, 0.15) is 5.82 Å². The second-order valence-corrected chi connectivity index (χ2v) is 7.22. The second-order valence-electron chi connectivity index (χ2n) is 7.22. The molecule has 0 aliphatic rings. The quantitative estimate of drug-likeness (QED) is 0.368. The Hall–Kier alpha value is -3.85. The minimum Gasteiger partial charge on any atom is -0.355 e. The smallest absolute Gasteiger partial charge is 0.137 e. The average molecular weight is 375 g/mol. The largest absolute Gasteiger partial charge is 0.355 e. The summed E-state index contributed by atoms with van der Waals surface area (Å²) < 4.78 is 2.22. The van der Waals surface area contributed by atoms with Gasteiger partial charge in [0, 0.05) is 33.9 Å². The number of allylic oxidation sites excluding steroid dienone is 1. The number of nitrogens with zero attached hydrogens (tertiary/aromatic N) is 2. The van der Waals surface area contributed by atoms with Gasteiger partial charge in [-0.1, -0.05) is 55.1 Å². The Labute approximate surface area is 170 Å². The monoisotopic (exact) mass is 375 g/mol. The number of hydrogen-bond acceptors (Lipinski definition) is 2. The van der Waals surface area contributed by atoms with Gasteiger partial charge < -0.3 is 5.32 Å². The summed E-state index contributed by atoms with van der Waals surface area (Å²) in [6, 6.07) is 29.2. The fourth-order valence-electron chi connectivity index (χ4n) is 3.90. The first-order valence-electron chi connectivity index (χ1n) is 9.69. The van der Waals surface area contributed by atoms with Crippen LogP contribution in [0.1, 0.15) is 12.5 Å². The predicted molar refractivity (Wildman–Crippen MR) is 123 cm³/mol. The molecule has 0 fully saturated rings. The highest BCUT2D eigenvalue weighted by Crippen LogP contribution is 2.34. The molecule has 1 N–H and O–H groups in total. The van der Waals surface area contributed by atoms with E-state index in [0.717, 1.165) is 39.4 Å². The van der Waals surface area contributed by atoms with Crippen molar-refractivity contribution in [2.75, 3.05) is 5.32 Å². The van der Waals surface area contributed by atoms with E-state index in [-0.39, 0.29) is 0 Å². The molecule has 0 aliphatic carbocycles. The molecule has 2 heterocycles. The van der Waals surface area contributed by atoms with E-state index in [4.69, 9.17) is 0 Å². The Bertz CT molecular complexity index is 1350. The first-order chi connectivity index (χ1) is 14.2. The van der Waals surface area contributed by atoms with Gasteiger partial charge in [0.05, 0.1) is 11.0 Å². The van der Waals surface area contributed by atoms with Gasteiger partial charge in [-0.15, -0.1) is 0 Å². The molecule has 5 rings (SSSR count). The Morgan fingerprint density at radius 3 is 2.41 bits per heavy atom. The number of hydrogen-bond donors (Lipinski definition) is 1. The van der Waals surface area contributed by atoms with Crippen molar-refractivity contribution in [2.24, 2.45) is 0 Å². The highest BCUT2D eigenvalue weighted by molar-refractivity contribution is 6.10. The summed E-state index contributed by atoms with van der Waals surface area (Å²) in [5.74, 6) is 0.915. The molecule has 140 valence electrons. The number of nitrogens with one attached hydrogen (secondary N) is 1. The highest BCUT2D eigenvalue weighted by Gasteiger charge is 2.13. The molecule has 0 saturated carbocycles. The van der Waals surface area contributed by atoms with Crippen LogP contribution in [0.5, 0.6) is 0 Å². The predicted octanol–water partition coefficient (Wildman–Crippen LogP) is 6.96. The van der Waals surface area contributed by atoms with Crippen LogP contribution in [0.15, 0.2) is 97.7 Å². The Balaban J connectivity index is 1.71. The Kier molecular flexibility index (Phi) is 4.14. The van der Waals surface area contributed by atoms with E-state index < -0.39 is 0 Å². The maximum absolute atomic E-state index is 4.60. The van der Waals surface area contributed by atoms with Crippen LogP contribution < -0.4 is 5.32 Å².